The number of nitrogens with two attached hydrogens (primary N) is 1. The Bertz CT molecular complexity index is 551. The minimum absolute atomic E-state index is 0.612. The normalized spacial score (nSPS) is 10.7. The van der Waals surface area contributed by atoms with Gasteiger partial charge in [0.05, 0.1) is 6.54 Å². The maximum atomic E-state index is 6.04. The molecule has 0 aliphatic heterocycles. The average molecular weight is 279 g/mol. The third-order valence-corrected chi connectivity index (χ3v) is 3.29. The van der Waals surface area contributed by atoms with Gasteiger partial charge in [0.25, 0.3) is 0 Å². The molecule has 0 saturated heterocycles. The fraction of sp³-hybridized carbons (Fsp3) is 0.333. The lowest BCUT2D eigenvalue weighted by Crippen LogP contribution is -2.18. The van der Waals surface area contributed by atoms with Crippen molar-refractivity contribution in [2.24, 2.45) is 5.73 Å². The first-order valence-corrected chi connectivity index (χ1v) is 6.73. The first kappa shape index (κ1) is 14.0. The third kappa shape index (κ3) is 3.52. The van der Waals surface area contributed by atoms with Crippen LogP contribution in [0.25, 0.3) is 0 Å². The molecule has 0 saturated carbocycles. The summed E-state index contributed by atoms with van der Waals surface area (Å²) in [4.78, 5) is 2.15. The molecular weight excluding hydrogens is 260 g/mol. The van der Waals surface area contributed by atoms with Gasteiger partial charge in [0, 0.05) is 17.8 Å². The Morgan fingerprint density at radius 3 is 2.68 bits per heavy atom. The summed E-state index contributed by atoms with van der Waals surface area (Å²) in [5.74, 6) is 1.88. The molecule has 0 unspecified atom stereocenters. The van der Waals surface area contributed by atoms with E-state index in [-0.39, 0.29) is 0 Å². The van der Waals surface area contributed by atoms with Crippen LogP contribution in [-0.2, 0) is 13.0 Å². The lowest BCUT2D eigenvalue weighted by molar-refractivity contribution is 0.481. The molecule has 0 atom stereocenters. The van der Waals surface area contributed by atoms with Crippen molar-refractivity contribution in [3.05, 3.63) is 52.4 Å². The third-order valence-electron chi connectivity index (χ3n) is 3.06. The zero-order valence-corrected chi connectivity index (χ0v) is 12.1. The molecule has 2 aromatic rings. The van der Waals surface area contributed by atoms with Crippen LogP contribution in [0, 0.1) is 6.92 Å². The summed E-state index contributed by atoms with van der Waals surface area (Å²) < 4.78 is 5.61. The second-order valence-electron chi connectivity index (χ2n) is 4.68. The molecular formula is C15H19ClN2O. The fourth-order valence-electron chi connectivity index (χ4n) is 2.17. The Morgan fingerprint density at radius 2 is 2.05 bits per heavy atom. The first-order chi connectivity index (χ1) is 9.10. The highest BCUT2D eigenvalue weighted by Crippen LogP contribution is 2.25. The van der Waals surface area contributed by atoms with Crippen molar-refractivity contribution < 1.29 is 4.42 Å². The van der Waals surface area contributed by atoms with Gasteiger partial charge in [-0.15, -0.1) is 0 Å². The van der Waals surface area contributed by atoms with Crippen LogP contribution in [0.4, 0.5) is 5.69 Å². The average Bonchev–Trinajstić information content (AvgIpc) is 2.75. The molecule has 102 valence electrons. The van der Waals surface area contributed by atoms with E-state index in [2.05, 4.69) is 4.90 Å². The number of halogens is 1. The number of hydrogen-bond acceptors (Lipinski definition) is 3. The van der Waals surface area contributed by atoms with E-state index in [0.717, 1.165) is 35.2 Å². The summed E-state index contributed by atoms with van der Waals surface area (Å²) in [5, 5.41) is 0.745. The minimum Gasteiger partial charge on any atom is -0.464 e. The molecule has 0 spiro atoms. The Kier molecular flexibility index (Phi) is 4.51. The van der Waals surface area contributed by atoms with Crippen LogP contribution < -0.4 is 10.6 Å². The van der Waals surface area contributed by atoms with E-state index in [1.54, 1.807) is 0 Å². The number of benzene rings is 1. The van der Waals surface area contributed by atoms with Gasteiger partial charge in [0.2, 0.25) is 0 Å². The summed E-state index contributed by atoms with van der Waals surface area (Å²) in [5.41, 5.74) is 7.97. The number of rotatable bonds is 5. The molecule has 0 amide bonds. The molecule has 0 fully saturated rings. The summed E-state index contributed by atoms with van der Waals surface area (Å²) >= 11 is 6.04. The maximum Gasteiger partial charge on any atom is 0.123 e. The van der Waals surface area contributed by atoms with Crippen molar-refractivity contribution in [2.45, 2.75) is 19.9 Å². The second kappa shape index (κ2) is 6.13. The monoisotopic (exact) mass is 278 g/mol. The smallest absolute Gasteiger partial charge is 0.123 e. The Hall–Kier alpha value is -1.45. The molecule has 1 aromatic carbocycles. The van der Waals surface area contributed by atoms with Gasteiger partial charge in [0.15, 0.2) is 0 Å². The van der Waals surface area contributed by atoms with E-state index in [1.165, 1.54) is 5.56 Å². The number of anilines is 1. The summed E-state index contributed by atoms with van der Waals surface area (Å²) in [7, 11) is 2.04. The van der Waals surface area contributed by atoms with E-state index in [1.807, 2.05) is 44.3 Å². The number of aryl methyl sites for hydroxylation is 1. The zero-order chi connectivity index (χ0) is 13.8. The Balaban J connectivity index is 2.20. The van der Waals surface area contributed by atoms with E-state index in [9.17, 15) is 0 Å². The standard InChI is InChI=1S/C15H19ClN2O/c1-11-3-5-14(19-11)10-18(2)15-6-4-13(16)9-12(15)7-8-17/h3-6,9H,7-8,10,17H2,1-2H3. The lowest BCUT2D eigenvalue weighted by atomic mass is 10.1. The minimum atomic E-state index is 0.612. The van der Waals surface area contributed by atoms with Crippen LogP contribution in [0.2, 0.25) is 5.02 Å². The van der Waals surface area contributed by atoms with E-state index in [0.29, 0.717) is 6.54 Å². The van der Waals surface area contributed by atoms with Crippen LogP contribution >= 0.6 is 11.6 Å². The van der Waals surface area contributed by atoms with Crippen LogP contribution in [0.15, 0.2) is 34.7 Å². The van der Waals surface area contributed by atoms with Gasteiger partial charge < -0.3 is 15.1 Å². The molecule has 3 nitrogen and oxygen atoms in total. The van der Waals surface area contributed by atoms with E-state index in [4.69, 9.17) is 21.8 Å². The zero-order valence-electron chi connectivity index (χ0n) is 11.3. The number of nitrogens with zero attached hydrogens (tertiary/aromatic N) is 1. The molecule has 0 aliphatic carbocycles. The predicted molar refractivity (Wildman–Crippen MR) is 79.8 cm³/mol. The van der Waals surface area contributed by atoms with Gasteiger partial charge >= 0.3 is 0 Å². The molecule has 19 heavy (non-hydrogen) atoms. The highest BCUT2D eigenvalue weighted by molar-refractivity contribution is 6.30. The topological polar surface area (TPSA) is 42.4 Å². The Morgan fingerprint density at radius 1 is 1.26 bits per heavy atom. The molecule has 0 radical (unpaired) electrons. The van der Waals surface area contributed by atoms with Gasteiger partial charge in [-0.05, 0) is 55.8 Å². The van der Waals surface area contributed by atoms with Gasteiger partial charge in [-0.3, -0.25) is 0 Å². The fourth-order valence-corrected chi connectivity index (χ4v) is 2.37. The van der Waals surface area contributed by atoms with Crippen LogP contribution in [0.5, 0.6) is 0 Å². The van der Waals surface area contributed by atoms with Crippen LogP contribution in [0.3, 0.4) is 0 Å². The Labute approximate surface area is 119 Å². The molecule has 2 rings (SSSR count). The van der Waals surface area contributed by atoms with Crippen molar-refractivity contribution in [3.63, 3.8) is 0 Å². The summed E-state index contributed by atoms with van der Waals surface area (Å²) in [6.07, 6.45) is 0.817. The quantitative estimate of drug-likeness (QED) is 0.912. The molecule has 0 aliphatic rings. The molecule has 1 heterocycles. The van der Waals surface area contributed by atoms with Gasteiger partial charge in [-0.25, -0.2) is 0 Å². The van der Waals surface area contributed by atoms with Crippen molar-refractivity contribution in [1.29, 1.82) is 0 Å². The van der Waals surface area contributed by atoms with Gasteiger partial charge in [-0.2, -0.15) is 0 Å². The summed E-state index contributed by atoms with van der Waals surface area (Å²) in [6, 6.07) is 9.90. The maximum absolute atomic E-state index is 6.04. The van der Waals surface area contributed by atoms with Gasteiger partial charge in [-0.1, -0.05) is 11.6 Å². The predicted octanol–water partition coefficient (Wildman–Crippen LogP) is 3.38. The number of furan rings is 1. The molecule has 4 heteroatoms. The highest BCUT2D eigenvalue weighted by Gasteiger charge is 2.10. The van der Waals surface area contributed by atoms with Crippen LogP contribution in [-0.4, -0.2) is 13.6 Å². The van der Waals surface area contributed by atoms with Gasteiger partial charge in [0.1, 0.15) is 11.5 Å². The largest absolute Gasteiger partial charge is 0.464 e. The van der Waals surface area contributed by atoms with Crippen molar-refractivity contribution >= 4 is 17.3 Å². The highest BCUT2D eigenvalue weighted by atomic mass is 35.5. The first-order valence-electron chi connectivity index (χ1n) is 6.35. The molecule has 2 N–H and O–H groups in total. The van der Waals surface area contributed by atoms with Crippen molar-refractivity contribution in [2.75, 3.05) is 18.5 Å². The SMILES string of the molecule is Cc1ccc(CN(C)c2ccc(Cl)cc2CCN)o1. The molecule has 0 bridgehead atoms. The van der Waals surface area contributed by atoms with E-state index >= 15 is 0 Å². The summed E-state index contributed by atoms with van der Waals surface area (Å²) in [6.45, 7) is 3.29. The lowest BCUT2D eigenvalue weighted by Gasteiger charge is -2.21. The molecule has 1 aromatic heterocycles. The number of hydrogen-bond donors (Lipinski definition) is 1. The van der Waals surface area contributed by atoms with Crippen molar-refractivity contribution in [3.8, 4) is 0 Å². The van der Waals surface area contributed by atoms with E-state index < -0.39 is 0 Å². The van der Waals surface area contributed by atoms with Crippen molar-refractivity contribution in [1.82, 2.24) is 0 Å². The second-order valence-corrected chi connectivity index (χ2v) is 5.12. The van der Waals surface area contributed by atoms with Crippen LogP contribution in [0.1, 0.15) is 17.1 Å².